The number of carbonyl (C=O) groups excluding carboxylic acids is 1. The minimum Gasteiger partial charge on any atom is -0.487 e. The molecule has 0 unspecified atom stereocenters. The van der Waals surface area contributed by atoms with Gasteiger partial charge in [0.15, 0.2) is 0 Å². The van der Waals surface area contributed by atoms with E-state index in [0.717, 1.165) is 30.4 Å². The Morgan fingerprint density at radius 2 is 2.13 bits per heavy atom. The summed E-state index contributed by atoms with van der Waals surface area (Å²) >= 11 is 6.24. The van der Waals surface area contributed by atoms with Gasteiger partial charge in [-0.1, -0.05) is 11.6 Å². The smallest absolute Gasteiger partial charge is 0.223 e. The number of benzene rings is 1. The molecular weight excluding hydrogens is 428 g/mol. The van der Waals surface area contributed by atoms with E-state index in [1.165, 1.54) is 0 Å². The molecule has 1 aromatic carbocycles. The van der Waals surface area contributed by atoms with E-state index >= 15 is 0 Å². The maximum absolute atomic E-state index is 12.6. The summed E-state index contributed by atoms with van der Waals surface area (Å²) in [4.78, 5) is 14.4. The van der Waals surface area contributed by atoms with Gasteiger partial charge >= 0.3 is 0 Å². The van der Waals surface area contributed by atoms with Gasteiger partial charge in [-0.3, -0.25) is 4.79 Å². The van der Waals surface area contributed by atoms with Crippen molar-refractivity contribution < 1.29 is 22.7 Å². The Balaban J connectivity index is 1.45. The van der Waals surface area contributed by atoms with E-state index in [9.17, 15) is 13.2 Å². The number of halogens is 1. The van der Waals surface area contributed by atoms with Crippen LogP contribution in [0.3, 0.4) is 0 Å². The van der Waals surface area contributed by atoms with Gasteiger partial charge < -0.3 is 14.4 Å². The lowest BCUT2D eigenvalue weighted by Crippen LogP contribution is -2.56. The predicted molar refractivity (Wildman–Crippen MR) is 114 cm³/mol. The van der Waals surface area contributed by atoms with Crippen LogP contribution in [0.25, 0.3) is 0 Å². The zero-order chi connectivity index (χ0) is 21.7. The van der Waals surface area contributed by atoms with E-state index in [0.29, 0.717) is 18.1 Å². The van der Waals surface area contributed by atoms with E-state index in [1.807, 2.05) is 23.1 Å². The van der Waals surface area contributed by atoms with Gasteiger partial charge in [-0.05, 0) is 44.9 Å². The van der Waals surface area contributed by atoms with Crippen LogP contribution in [0.15, 0.2) is 18.2 Å². The maximum atomic E-state index is 12.6. The molecule has 0 radical (unpaired) electrons. The molecule has 166 valence electrons. The van der Waals surface area contributed by atoms with Crippen LogP contribution in [0, 0.1) is 11.8 Å². The summed E-state index contributed by atoms with van der Waals surface area (Å²) in [6.07, 6.45) is 2.96. The third-order valence-electron chi connectivity index (χ3n) is 6.51. The molecule has 3 aliphatic rings. The van der Waals surface area contributed by atoms with Crippen LogP contribution in [-0.2, 0) is 19.6 Å². The van der Waals surface area contributed by atoms with Crippen LogP contribution in [-0.4, -0.2) is 56.8 Å². The number of carbonyl (C=O) groups is 1. The van der Waals surface area contributed by atoms with Gasteiger partial charge in [-0.2, -0.15) is 0 Å². The van der Waals surface area contributed by atoms with Crippen molar-refractivity contribution in [1.82, 2.24) is 9.62 Å². The lowest BCUT2D eigenvalue weighted by Gasteiger charge is -2.53. The van der Waals surface area contributed by atoms with Crippen LogP contribution >= 0.6 is 11.6 Å². The number of likely N-dealkylation sites (tertiary alicyclic amines) is 1. The normalized spacial score (nSPS) is 29.9. The Morgan fingerprint density at radius 1 is 1.37 bits per heavy atom. The Labute approximate surface area is 183 Å². The monoisotopic (exact) mass is 456 g/mol. The van der Waals surface area contributed by atoms with Crippen LogP contribution in [0.4, 0.5) is 0 Å². The SMILES string of the molecule is CC1(C)Oc2ccc(Cl)cc2[C@H]2O[C@H]3CCN(C(=O)CCNS(C)(=O)=O)C[C@@H]3C[C@@H]21. The average Bonchev–Trinajstić information content (AvgIpc) is 2.66. The largest absolute Gasteiger partial charge is 0.487 e. The molecule has 30 heavy (non-hydrogen) atoms. The third kappa shape index (κ3) is 4.47. The Hall–Kier alpha value is -1.35. The molecule has 4 rings (SSSR count). The van der Waals surface area contributed by atoms with Crippen LogP contribution < -0.4 is 9.46 Å². The lowest BCUT2D eigenvalue weighted by atomic mass is 9.70. The van der Waals surface area contributed by atoms with E-state index in [-0.39, 0.29) is 48.5 Å². The van der Waals surface area contributed by atoms with Crippen LogP contribution in [0.5, 0.6) is 5.75 Å². The first-order valence-electron chi connectivity index (χ1n) is 10.4. The van der Waals surface area contributed by atoms with Crippen LogP contribution in [0.2, 0.25) is 5.02 Å². The first-order valence-corrected chi connectivity index (χ1v) is 12.7. The molecule has 3 heterocycles. The number of fused-ring (bicyclic) bond motifs is 4. The summed E-state index contributed by atoms with van der Waals surface area (Å²) in [7, 11) is -3.29. The standard InChI is InChI=1S/C21H29ClN2O5S/c1-21(2)16-10-13-12-24(19(25)6-8-23-30(3,26)27)9-7-17(13)28-20(16)15-11-14(22)4-5-18(15)29-21/h4-5,11,13,16-17,20,23H,6-10,12H2,1-3H3/t13-,16-,17-,20+/m0/s1. The van der Waals surface area contributed by atoms with Crippen molar-refractivity contribution in [2.24, 2.45) is 11.8 Å². The number of hydrogen-bond donors (Lipinski definition) is 1. The van der Waals surface area contributed by atoms with Gasteiger partial charge in [0.25, 0.3) is 0 Å². The molecule has 0 saturated carbocycles. The molecule has 2 fully saturated rings. The first kappa shape index (κ1) is 21.9. The summed E-state index contributed by atoms with van der Waals surface area (Å²) in [6.45, 7) is 5.56. The van der Waals surface area contributed by atoms with Crippen molar-refractivity contribution in [3.05, 3.63) is 28.8 Å². The van der Waals surface area contributed by atoms with Crippen molar-refractivity contribution in [3.63, 3.8) is 0 Å². The number of ether oxygens (including phenoxy) is 2. The number of piperidine rings is 1. The van der Waals surface area contributed by atoms with Gasteiger partial charge in [-0.25, -0.2) is 13.1 Å². The second-order valence-electron chi connectivity index (χ2n) is 9.13. The van der Waals surface area contributed by atoms with Crippen molar-refractivity contribution in [3.8, 4) is 5.75 Å². The van der Waals surface area contributed by atoms with Crippen molar-refractivity contribution in [1.29, 1.82) is 0 Å². The maximum Gasteiger partial charge on any atom is 0.223 e. The van der Waals surface area contributed by atoms with E-state index < -0.39 is 10.0 Å². The molecule has 2 saturated heterocycles. The lowest BCUT2D eigenvalue weighted by molar-refractivity contribution is -0.188. The summed E-state index contributed by atoms with van der Waals surface area (Å²) in [5.74, 6) is 1.19. The zero-order valence-electron chi connectivity index (χ0n) is 17.6. The van der Waals surface area contributed by atoms with E-state index in [1.54, 1.807) is 0 Å². The highest BCUT2D eigenvalue weighted by molar-refractivity contribution is 7.88. The van der Waals surface area contributed by atoms with E-state index in [2.05, 4.69) is 18.6 Å². The molecule has 9 heteroatoms. The van der Waals surface area contributed by atoms with Gasteiger partial charge in [0, 0.05) is 48.5 Å². The number of sulfonamides is 1. The minimum absolute atomic E-state index is 0.0250. The van der Waals surface area contributed by atoms with Crippen molar-refractivity contribution >= 4 is 27.5 Å². The second-order valence-corrected chi connectivity index (χ2v) is 11.4. The molecule has 4 atom stereocenters. The molecule has 1 amide bonds. The Bertz CT molecular complexity index is 935. The molecule has 0 bridgehead atoms. The molecule has 0 spiro atoms. The fourth-order valence-electron chi connectivity index (χ4n) is 5.01. The molecule has 3 aliphatic heterocycles. The number of rotatable bonds is 4. The fraction of sp³-hybridized carbons (Fsp3) is 0.667. The summed E-state index contributed by atoms with van der Waals surface area (Å²) in [5.41, 5.74) is 0.623. The third-order valence-corrected chi connectivity index (χ3v) is 7.47. The van der Waals surface area contributed by atoms with Crippen molar-refractivity contribution in [2.75, 3.05) is 25.9 Å². The highest BCUT2D eigenvalue weighted by atomic mass is 35.5. The zero-order valence-corrected chi connectivity index (χ0v) is 19.1. The predicted octanol–water partition coefficient (Wildman–Crippen LogP) is 2.75. The molecule has 7 nitrogen and oxygen atoms in total. The fourth-order valence-corrected chi connectivity index (χ4v) is 5.66. The van der Waals surface area contributed by atoms with Crippen molar-refractivity contribution in [2.45, 2.75) is 50.9 Å². The van der Waals surface area contributed by atoms with Gasteiger partial charge in [0.05, 0.1) is 18.5 Å². The highest BCUT2D eigenvalue weighted by Gasteiger charge is 2.51. The van der Waals surface area contributed by atoms with E-state index in [4.69, 9.17) is 21.1 Å². The van der Waals surface area contributed by atoms with Gasteiger partial charge in [0.2, 0.25) is 15.9 Å². The Kier molecular flexibility index (Phi) is 5.81. The number of nitrogens with one attached hydrogen (secondary N) is 1. The average molecular weight is 457 g/mol. The van der Waals surface area contributed by atoms with Crippen LogP contribution in [0.1, 0.15) is 44.8 Å². The molecule has 0 aliphatic carbocycles. The molecule has 1 aromatic rings. The van der Waals surface area contributed by atoms with Gasteiger partial charge in [-0.15, -0.1) is 0 Å². The summed E-state index contributed by atoms with van der Waals surface area (Å²) < 4.78 is 37.7. The quantitative estimate of drug-likeness (QED) is 0.753. The molecule has 0 aromatic heterocycles. The number of hydrogen-bond acceptors (Lipinski definition) is 5. The van der Waals surface area contributed by atoms with Gasteiger partial charge in [0.1, 0.15) is 11.4 Å². The summed E-state index contributed by atoms with van der Waals surface area (Å²) in [5, 5.41) is 0.671. The molecular formula is C21H29ClN2O5S. The summed E-state index contributed by atoms with van der Waals surface area (Å²) in [6, 6.07) is 5.69. The molecule has 1 N–H and O–H groups in total. The Morgan fingerprint density at radius 3 is 2.87 bits per heavy atom. The highest BCUT2D eigenvalue weighted by Crippen LogP contribution is 2.53. The number of nitrogens with zero attached hydrogens (tertiary/aromatic N) is 1. The topological polar surface area (TPSA) is 84.9 Å². The second kappa shape index (κ2) is 7.97. The first-order chi connectivity index (χ1) is 14.0. The minimum atomic E-state index is -3.29. The number of amides is 1.